The molecule has 0 radical (unpaired) electrons. The third-order valence-corrected chi connectivity index (χ3v) is 12.2. The average molecular weight is 683 g/mol. The number of hydrogen-bond donors (Lipinski definition) is 7. The second-order valence-electron chi connectivity index (χ2n) is 11.8. The van der Waals surface area contributed by atoms with Crippen LogP contribution in [0.15, 0.2) is 43.0 Å². The second-order valence-corrected chi connectivity index (χ2v) is 15.8. The minimum atomic E-state index is -5.41. The third kappa shape index (κ3) is 9.56. The highest BCUT2D eigenvalue weighted by Gasteiger charge is 2.59. The van der Waals surface area contributed by atoms with Crippen LogP contribution in [-0.2, 0) is 20.5 Å². The van der Waals surface area contributed by atoms with Gasteiger partial charge in [0.05, 0.1) is 18.9 Å². The predicted molar refractivity (Wildman–Crippen MR) is 168 cm³/mol. The summed E-state index contributed by atoms with van der Waals surface area (Å²) >= 11 is 0. The molecule has 1 aromatic heterocycles. The molecule has 0 atom stereocenters. The smallest absolute Gasteiger partial charge is 0.366 e. The van der Waals surface area contributed by atoms with Gasteiger partial charge in [0.15, 0.2) is 0 Å². The Balaban J connectivity index is 0.000000304. The number of benzene rings is 1. The summed E-state index contributed by atoms with van der Waals surface area (Å²) in [5.74, 6) is 0.0949. The molecule has 1 saturated heterocycles. The SMILES string of the molecule is CCCN1CCC(c2ccc(C(=O)NC3(C(=O)NCC#N)CCCCC3)cc2)CC1.O=P(O)(O)C(O)(Cn1ccnc1)P(=O)(O)O. The highest BCUT2D eigenvalue weighted by atomic mass is 31.2. The number of likely N-dealkylation sites (tertiary alicyclic amines) is 1. The van der Waals surface area contributed by atoms with E-state index in [9.17, 15) is 23.8 Å². The van der Waals surface area contributed by atoms with Gasteiger partial charge in [-0.15, -0.1) is 0 Å². The molecule has 2 heterocycles. The van der Waals surface area contributed by atoms with E-state index in [0.717, 1.165) is 56.1 Å². The summed E-state index contributed by atoms with van der Waals surface area (Å²) in [5.41, 5.74) is 0.971. The molecule has 46 heavy (non-hydrogen) atoms. The molecule has 2 amide bonds. The van der Waals surface area contributed by atoms with E-state index < -0.39 is 32.4 Å². The van der Waals surface area contributed by atoms with Gasteiger partial charge in [0.25, 0.3) is 11.0 Å². The van der Waals surface area contributed by atoms with Crippen molar-refractivity contribution in [2.24, 2.45) is 0 Å². The van der Waals surface area contributed by atoms with Crippen LogP contribution in [0.25, 0.3) is 0 Å². The molecular weight excluding hydrogens is 638 g/mol. The zero-order chi connectivity index (χ0) is 34.0. The topological polar surface area (TPSA) is 238 Å². The fraction of sp³-hybridized carbons (Fsp3) is 0.586. The summed E-state index contributed by atoms with van der Waals surface area (Å²) in [4.78, 5) is 66.9. The predicted octanol–water partition coefficient (Wildman–Crippen LogP) is 2.23. The number of nitrogens with zero attached hydrogens (tertiary/aromatic N) is 4. The Morgan fingerprint density at radius 3 is 2.17 bits per heavy atom. The molecule has 0 spiro atoms. The maximum atomic E-state index is 12.9. The van der Waals surface area contributed by atoms with Crippen LogP contribution in [0.2, 0.25) is 0 Å². The number of rotatable bonds is 11. The highest BCUT2D eigenvalue weighted by Crippen LogP contribution is 2.68. The molecule has 254 valence electrons. The first kappa shape index (κ1) is 37.5. The van der Waals surface area contributed by atoms with Gasteiger partial charge in [-0.05, 0) is 75.4 Å². The van der Waals surface area contributed by atoms with Crippen LogP contribution < -0.4 is 10.6 Å². The van der Waals surface area contributed by atoms with Crippen LogP contribution in [0.4, 0.5) is 0 Å². The van der Waals surface area contributed by atoms with E-state index >= 15 is 0 Å². The van der Waals surface area contributed by atoms with Gasteiger partial charge < -0.3 is 44.8 Å². The van der Waals surface area contributed by atoms with Crippen LogP contribution >= 0.6 is 15.2 Å². The Morgan fingerprint density at radius 2 is 1.67 bits per heavy atom. The fourth-order valence-corrected chi connectivity index (χ4v) is 7.89. The van der Waals surface area contributed by atoms with Crippen LogP contribution in [0, 0.1) is 11.3 Å². The van der Waals surface area contributed by atoms with Gasteiger partial charge in [0.1, 0.15) is 12.1 Å². The number of nitriles is 1. The summed E-state index contributed by atoms with van der Waals surface area (Å²) in [6, 6.07) is 9.84. The van der Waals surface area contributed by atoms with Crippen molar-refractivity contribution in [3.63, 3.8) is 0 Å². The first-order chi connectivity index (χ1) is 21.7. The molecule has 2 aliphatic rings. The van der Waals surface area contributed by atoms with Gasteiger partial charge in [-0.1, -0.05) is 38.3 Å². The number of aromatic nitrogens is 2. The van der Waals surface area contributed by atoms with Crippen LogP contribution in [0.3, 0.4) is 0 Å². The van der Waals surface area contributed by atoms with Crippen molar-refractivity contribution < 1.29 is 43.4 Å². The number of carbonyl (C=O) groups is 2. The Hall–Kier alpha value is -2.92. The van der Waals surface area contributed by atoms with Crippen LogP contribution in [0.1, 0.15) is 80.1 Å². The first-order valence-electron chi connectivity index (χ1n) is 15.3. The van der Waals surface area contributed by atoms with Crippen molar-refractivity contribution in [2.45, 2.75) is 81.4 Å². The largest absolute Gasteiger partial charge is 0.371 e. The molecule has 17 heteroatoms. The first-order valence-corrected chi connectivity index (χ1v) is 18.5. The molecule has 4 rings (SSSR count). The molecule has 15 nitrogen and oxygen atoms in total. The van der Waals surface area contributed by atoms with Gasteiger partial charge in [-0.3, -0.25) is 18.7 Å². The molecule has 2 fully saturated rings. The molecular formula is C29H44N6O9P2. The normalized spacial score (nSPS) is 17.7. The lowest BCUT2D eigenvalue weighted by Crippen LogP contribution is -2.59. The van der Waals surface area contributed by atoms with Crippen molar-refractivity contribution >= 4 is 27.0 Å². The van der Waals surface area contributed by atoms with Crippen molar-refractivity contribution in [1.82, 2.24) is 25.1 Å². The monoisotopic (exact) mass is 682 g/mol. The Labute approximate surface area is 268 Å². The Morgan fingerprint density at radius 1 is 1.07 bits per heavy atom. The summed E-state index contributed by atoms with van der Waals surface area (Å²) in [6.07, 6.45) is 11.1. The van der Waals surface area contributed by atoms with E-state index in [1.54, 1.807) is 0 Å². The Kier molecular flexibility index (Phi) is 13.3. The lowest BCUT2D eigenvalue weighted by molar-refractivity contribution is -0.128. The maximum Gasteiger partial charge on any atom is 0.371 e. The molecule has 7 N–H and O–H groups in total. The number of hydrogen-bond acceptors (Lipinski definition) is 8. The van der Waals surface area contributed by atoms with Crippen LogP contribution in [-0.4, -0.2) is 87.7 Å². The molecule has 0 bridgehead atoms. The van der Waals surface area contributed by atoms with Gasteiger partial charge in [-0.2, -0.15) is 5.26 Å². The molecule has 2 aromatic rings. The van der Waals surface area contributed by atoms with E-state index in [-0.39, 0.29) is 18.4 Å². The third-order valence-electron chi connectivity index (χ3n) is 8.48. The number of nitrogens with one attached hydrogen (secondary N) is 2. The zero-order valence-corrected chi connectivity index (χ0v) is 27.7. The fourth-order valence-electron chi connectivity index (χ4n) is 5.83. The molecule has 1 saturated carbocycles. The average Bonchev–Trinajstić information content (AvgIpc) is 3.53. The number of piperidine rings is 1. The number of amides is 2. The summed E-state index contributed by atoms with van der Waals surface area (Å²) in [6.45, 7) is 4.68. The van der Waals surface area contributed by atoms with Gasteiger partial charge in [-0.25, -0.2) is 4.98 Å². The minimum absolute atomic E-state index is 0.0395. The maximum absolute atomic E-state index is 12.9. The standard InChI is InChI=1S/C24H34N4O2.C5H10N2O7P2/c1-2-16-28-17-10-20(11-18-28)19-6-8-21(9-7-19)22(29)27-24(12-4-3-5-13-24)23(30)26-15-14-25;8-5(15(9,10)11,16(12,13)14)3-7-2-1-6-4-7/h6-9,20H,2-5,10-13,15-18H2,1H3,(H,26,30)(H,27,29);1-2,4,8H,3H2,(H2,9,10,11)(H2,12,13,14). The van der Waals surface area contributed by atoms with E-state index in [1.807, 2.05) is 18.2 Å². The second kappa shape index (κ2) is 16.3. The lowest BCUT2D eigenvalue weighted by atomic mass is 9.80. The summed E-state index contributed by atoms with van der Waals surface area (Å²) in [5, 5.41) is 20.5. The molecule has 1 aliphatic carbocycles. The van der Waals surface area contributed by atoms with Gasteiger partial charge in [0.2, 0.25) is 5.91 Å². The minimum Gasteiger partial charge on any atom is -0.366 e. The highest BCUT2D eigenvalue weighted by molar-refractivity contribution is 7.72. The van der Waals surface area contributed by atoms with Gasteiger partial charge >= 0.3 is 15.2 Å². The summed E-state index contributed by atoms with van der Waals surface area (Å²) < 4.78 is 22.8. The lowest BCUT2D eigenvalue weighted by Gasteiger charge is -2.36. The van der Waals surface area contributed by atoms with Crippen LogP contribution in [0.5, 0.6) is 0 Å². The zero-order valence-electron chi connectivity index (χ0n) is 25.9. The van der Waals surface area contributed by atoms with E-state index in [4.69, 9.17) is 24.8 Å². The van der Waals surface area contributed by atoms with Crippen molar-refractivity contribution in [3.05, 3.63) is 54.1 Å². The number of imidazole rings is 1. The Bertz CT molecular complexity index is 1400. The number of aliphatic hydroxyl groups is 1. The molecule has 0 unspecified atom stereocenters. The van der Waals surface area contributed by atoms with Crippen molar-refractivity contribution in [1.29, 1.82) is 5.26 Å². The van der Waals surface area contributed by atoms with E-state index in [0.29, 0.717) is 24.3 Å². The van der Waals surface area contributed by atoms with E-state index in [2.05, 4.69) is 39.6 Å². The summed E-state index contributed by atoms with van der Waals surface area (Å²) in [7, 11) is -10.8. The number of carbonyl (C=O) groups excluding carboxylic acids is 2. The molecule has 1 aliphatic heterocycles. The quantitative estimate of drug-likeness (QED) is 0.133. The van der Waals surface area contributed by atoms with E-state index in [1.165, 1.54) is 30.9 Å². The molecule has 1 aromatic carbocycles. The van der Waals surface area contributed by atoms with Gasteiger partial charge in [0, 0.05) is 18.0 Å². The van der Waals surface area contributed by atoms with Crippen molar-refractivity contribution in [3.8, 4) is 6.07 Å². The van der Waals surface area contributed by atoms with Crippen molar-refractivity contribution in [2.75, 3.05) is 26.2 Å².